The monoisotopic (exact) mass is 458 g/mol. The molecular weight excluding hydrogens is 427 g/mol. The van der Waals surface area contributed by atoms with Gasteiger partial charge in [-0.1, -0.05) is 30.3 Å². The Morgan fingerprint density at radius 1 is 1.12 bits per heavy atom. The second kappa shape index (κ2) is 9.12. The first-order valence-electron chi connectivity index (χ1n) is 11.7. The zero-order chi connectivity index (χ0) is 22.1. The molecule has 0 spiro atoms. The van der Waals surface area contributed by atoms with E-state index in [1.54, 1.807) is 6.07 Å². The van der Waals surface area contributed by atoms with Crippen LogP contribution in [0.1, 0.15) is 54.7 Å². The topological polar surface area (TPSA) is 58.6 Å². The van der Waals surface area contributed by atoms with Crippen LogP contribution in [-0.2, 0) is 23.7 Å². The molecule has 2 atom stereocenters. The van der Waals surface area contributed by atoms with Crippen LogP contribution in [0.4, 0.5) is 4.39 Å². The first-order chi connectivity index (χ1) is 15.5. The van der Waals surface area contributed by atoms with Crippen LogP contribution in [0.2, 0.25) is 0 Å². The molecule has 1 heterocycles. The molecule has 172 valence electrons. The van der Waals surface area contributed by atoms with E-state index in [4.69, 9.17) is 4.74 Å². The van der Waals surface area contributed by atoms with Crippen LogP contribution >= 0.6 is 0 Å². The molecular formula is C25H31FN2O3S. The normalized spacial score (nSPS) is 24.1. The summed E-state index contributed by atoms with van der Waals surface area (Å²) in [5.74, 6) is 0.281. The van der Waals surface area contributed by atoms with Crippen molar-refractivity contribution in [2.45, 2.75) is 62.4 Å². The van der Waals surface area contributed by atoms with E-state index >= 15 is 0 Å². The molecule has 5 rings (SSSR count). The molecule has 1 aliphatic heterocycles. The molecule has 2 fully saturated rings. The van der Waals surface area contributed by atoms with E-state index in [9.17, 15) is 12.8 Å². The number of nitrogens with one attached hydrogen (secondary N) is 1. The molecule has 2 unspecified atom stereocenters. The van der Waals surface area contributed by atoms with Crippen LogP contribution in [0.15, 0.2) is 42.5 Å². The first kappa shape index (κ1) is 21.9. The Balaban J connectivity index is 1.34. The second-order valence-electron chi connectivity index (χ2n) is 9.54. The van der Waals surface area contributed by atoms with Gasteiger partial charge in [-0.2, -0.15) is 0 Å². The van der Waals surface area contributed by atoms with Gasteiger partial charge in [0, 0.05) is 23.9 Å². The number of ether oxygens (including phenoxy) is 1. The van der Waals surface area contributed by atoms with Crippen LogP contribution in [-0.4, -0.2) is 44.6 Å². The minimum atomic E-state index is -2.65. The van der Waals surface area contributed by atoms with Crippen molar-refractivity contribution in [3.63, 3.8) is 0 Å². The molecule has 2 aliphatic carbocycles. The van der Waals surface area contributed by atoms with Crippen molar-refractivity contribution in [2.24, 2.45) is 0 Å². The van der Waals surface area contributed by atoms with Crippen molar-refractivity contribution >= 4 is 10.9 Å². The number of halogens is 1. The summed E-state index contributed by atoms with van der Waals surface area (Å²) < 4.78 is 45.7. The van der Waals surface area contributed by atoms with E-state index in [0.717, 1.165) is 50.8 Å². The molecule has 5 nitrogen and oxygen atoms in total. The first-order valence-corrected chi connectivity index (χ1v) is 12.9. The Morgan fingerprint density at radius 3 is 2.53 bits per heavy atom. The van der Waals surface area contributed by atoms with Gasteiger partial charge in [-0.25, -0.2) is 17.5 Å². The fraction of sp³-hybridized carbons (Fsp3) is 0.520. The summed E-state index contributed by atoms with van der Waals surface area (Å²) in [4.78, 5) is 2.53. The molecule has 2 aromatic carbocycles. The largest absolute Gasteiger partial charge is 0.490 e. The number of likely N-dealkylation sites (tertiary alicyclic amines) is 1. The maximum atomic E-state index is 14.9. The fourth-order valence-electron chi connectivity index (χ4n) is 5.56. The Labute approximate surface area is 191 Å². The van der Waals surface area contributed by atoms with Crippen molar-refractivity contribution in [1.29, 1.82) is 0 Å². The predicted octanol–water partition coefficient (Wildman–Crippen LogP) is 3.59. The number of thiol groups is 1. The molecule has 7 heteroatoms. The van der Waals surface area contributed by atoms with Crippen LogP contribution in [0, 0.1) is 5.82 Å². The second-order valence-corrected chi connectivity index (χ2v) is 10.3. The van der Waals surface area contributed by atoms with Gasteiger partial charge in [-0.15, -0.1) is 0 Å². The van der Waals surface area contributed by atoms with Gasteiger partial charge in [0.1, 0.15) is 0 Å². The van der Waals surface area contributed by atoms with Crippen LogP contribution in [0.3, 0.4) is 0 Å². The van der Waals surface area contributed by atoms with Crippen molar-refractivity contribution in [3.8, 4) is 5.75 Å². The third kappa shape index (κ3) is 4.43. The minimum Gasteiger partial charge on any atom is -0.490 e. The van der Waals surface area contributed by atoms with Gasteiger partial charge < -0.3 is 4.74 Å². The molecule has 0 bridgehead atoms. The lowest BCUT2D eigenvalue weighted by Crippen LogP contribution is -2.51. The lowest BCUT2D eigenvalue weighted by molar-refractivity contribution is 0.106. The fourth-order valence-corrected chi connectivity index (χ4v) is 6.28. The summed E-state index contributed by atoms with van der Waals surface area (Å²) in [7, 11) is -2.65. The Kier molecular flexibility index (Phi) is 6.23. The van der Waals surface area contributed by atoms with Crippen molar-refractivity contribution < 1.29 is 17.5 Å². The standard InChI is InChI=1S/C25H31FN2O3S/c26-22-15-19-16-23(28-11-5-12-28)21(14-18-6-2-1-3-7-18)20(19)17-24(22)31-13-10-25(8-4-9-25)27-32(29)30/h1-3,6-7,15,17,21,23,32H,4-5,8-14,16H2,(H,27,29,30). The number of benzene rings is 2. The molecule has 1 saturated heterocycles. The number of hydrogen-bond donors (Lipinski definition) is 2. The zero-order valence-corrected chi connectivity index (χ0v) is 19.2. The van der Waals surface area contributed by atoms with Crippen molar-refractivity contribution in [1.82, 2.24) is 9.62 Å². The lowest BCUT2D eigenvalue weighted by Gasteiger charge is -2.40. The molecule has 1 saturated carbocycles. The minimum absolute atomic E-state index is 0.284. The average molecular weight is 459 g/mol. The number of nitrogens with zero attached hydrogens (tertiary/aromatic N) is 1. The van der Waals surface area contributed by atoms with Gasteiger partial charge in [0.15, 0.2) is 11.6 Å². The summed E-state index contributed by atoms with van der Waals surface area (Å²) in [6.07, 6.45) is 6.22. The van der Waals surface area contributed by atoms with Crippen molar-refractivity contribution in [2.75, 3.05) is 19.7 Å². The number of rotatable bonds is 9. The quantitative estimate of drug-likeness (QED) is 0.564. The maximum absolute atomic E-state index is 14.9. The zero-order valence-electron chi connectivity index (χ0n) is 18.3. The molecule has 3 aliphatic rings. The summed E-state index contributed by atoms with van der Waals surface area (Å²) in [6, 6.07) is 14.5. The number of hydrogen-bond acceptors (Lipinski definition) is 4. The molecule has 2 aromatic rings. The molecule has 0 radical (unpaired) electrons. The molecule has 0 aromatic heterocycles. The third-order valence-electron chi connectivity index (χ3n) is 7.62. The Morgan fingerprint density at radius 2 is 1.91 bits per heavy atom. The third-order valence-corrected chi connectivity index (χ3v) is 8.28. The van der Waals surface area contributed by atoms with Gasteiger partial charge in [0.2, 0.25) is 10.9 Å². The summed E-state index contributed by atoms with van der Waals surface area (Å²) in [5, 5.41) is 0. The van der Waals surface area contributed by atoms with E-state index in [0.29, 0.717) is 25.0 Å². The summed E-state index contributed by atoms with van der Waals surface area (Å²) in [5.41, 5.74) is 3.17. The highest BCUT2D eigenvalue weighted by molar-refractivity contribution is 7.70. The van der Waals surface area contributed by atoms with Crippen LogP contribution in [0.5, 0.6) is 5.75 Å². The SMILES string of the molecule is O=[SH](=O)NC1(CCOc2cc3c(cc2F)CC(N2CCC2)C3Cc2ccccc2)CCC1. The van der Waals surface area contributed by atoms with Gasteiger partial charge in [-0.3, -0.25) is 4.90 Å². The van der Waals surface area contributed by atoms with Crippen LogP contribution < -0.4 is 9.46 Å². The van der Waals surface area contributed by atoms with Crippen molar-refractivity contribution in [3.05, 3.63) is 65.0 Å². The predicted molar refractivity (Wildman–Crippen MR) is 123 cm³/mol. The lowest BCUT2D eigenvalue weighted by atomic mass is 9.75. The van der Waals surface area contributed by atoms with Gasteiger partial charge >= 0.3 is 0 Å². The number of fused-ring (bicyclic) bond motifs is 1. The van der Waals surface area contributed by atoms with Gasteiger partial charge in [0.25, 0.3) is 0 Å². The van der Waals surface area contributed by atoms with Gasteiger partial charge in [0.05, 0.1) is 6.61 Å². The van der Waals surface area contributed by atoms with E-state index < -0.39 is 16.4 Å². The highest BCUT2D eigenvalue weighted by Crippen LogP contribution is 2.43. The smallest absolute Gasteiger partial charge is 0.201 e. The molecule has 32 heavy (non-hydrogen) atoms. The Hall–Kier alpha value is -1.96. The van der Waals surface area contributed by atoms with E-state index in [-0.39, 0.29) is 11.6 Å². The summed E-state index contributed by atoms with van der Waals surface area (Å²) >= 11 is 0. The Bertz CT molecular complexity index is 1030. The molecule has 0 amide bonds. The van der Waals surface area contributed by atoms with Gasteiger partial charge in [-0.05, 0) is 80.4 Å². The van der Waals surface area contributed by atoms with E-state index in [1.807, 2.05) is 12.1 Å². The van der Waals surface area contributed by atoms with E-state index in [2.05, 4.69) is 33.9 Å². The highest BCUT2D eigenvalue weighted by Gasteiger charge is 2.40. The highest BCUT2D eigenvalue weighted by atomic mass is 32.2. The van der Waals surface area contributed by atoms with Crippen LogP contribution in [0.25, 0.3) is 0 Å². The van der Waals surface area contributed by atoms with E-state index in [1.165, 1.54) is 17.5 Å². The average Bonchev–Trinajstić information content (AvgIpc) is 3.02. The maximum Gasteiger partial charge on any atom is 0.201 e. The molecule has 1 N–H and O–H groups in total. The summed E-state index contributed by atoms with van der Waals surface area (Å²) in [6.45, 7) is 2.53.